The van der Waals surface area contributed by atoms with Crippen molar-refractivity contribution < 1.29 is 9.05 Å². The van der Waals surface area contributed by atoms with Crippen molar-refractivity contribution in [3.05, 3.63) is 25.7 Å². The number of hydrogen-bond donors (Lipinski definition) is 0. The van der Waals surface area contributed by atoms with Crippen LogP contribution < -0.4 is 0 Å². The molecule has 0 aromatic heterocycles. The summed E-state index contributed by atoms with van der Waals surface area (Å²) in [5, 5.41) is 0. The average Bonchev–Trinajstić information content (AvgIpc) is 1.97. The number of halogens is 4. The Morgan fingerprint density at radius 2 is 1.25 bits per heavy atom. The van der Waals surface area contributed by atoms with Crippen LogP contribution in [0.4, 0.5) is 0 Å². The van der Waals surface area contributed by atoms with Crippen molar-refractivity contribution in [1.29, 1.82) is 0 Å². The van der Waals surface area contributed by atoms with E-state index in [1.807, 2.05) is 0 Å². The summed E-state index contributed by atoms with van der Waals surface area (Å²) in [4.78, 5) is 0. The lowest BCUT2D eigenvalue weighted by Gasteiger charge is -2.22. The molecule has 12 heteroatoms. The van der Waals surface area contributed by atoms with Crippen molar-refractivity contribution in [3.63, 3.8) is 0 Å². The van der Waals surface area contributed by atoms with Gasteiger partial charge in [-0.3, -0.25) is 0 Å². The Kier molecular flexibility index (Phi) is 4.95. The first kappa shape index (κ1) is 15.0. The fourth-order valence-electron chi connectivity index (χ4n) is 0.729. The lowest BCUT2D eigenvalue weighted by molar-refractivity contribution is 0.530. The Hall–Kier alpha value is 0.930. The van der Waals surface area contributed by atoms with Crippen molar-refractivity contribution in [2.24, 2.45) is 13.5 Å². The monoisotopic (exact) mass is 361 g/mol. The zero-order valence-corrected chi connectivity index (χ0v) is 13.3. The molecule has 0 unspecified atom stereocenters. The Balaban J connectivity index is 3.41. The van der Waals surface area contributed by atoms with E-state index in [0.29, 0.717) is 0 Å². The summed E-state index contributed by atoms with van der Waals surface area (Å²) in [5.41, 5.74) is 0. The Labute approximate surface area is 112 Å². The van der Waals surface area contributed by atoms with E-state index in [1.54, 1.807) is 0 Å². The van der Waals surface area contributed by atoms with E-state index >= 15 is 0 Å². The highest BCUT2D eigenvalue weighted by Gasteiger charge is 2.35. The van der Waals surface area contributed by atoms with Crippen LogP contribution in [0, 0.1) is 0 Å². The van der Waals surface area contributed by atoms with Gasteiger partial charge in [0.25, 0.3) is 5.91 Å². The third-order valence-corrected chi connectivity index (χ3v) is 12.5. The van der Waals surface area contributed by atoms with Crippen LogP contribution in [0.15, 0.2) is 39.2 Å². The van der Waals surface area contributed by atoms with Crippen LogP contribution in [0.3, 0.4) is 0 Å². The summed E-state index contributed by atoms with van der Waals surface area (Å²) in [6.07, 6.45) is 2.17. The SMILES string of the molecule is C=CO[P@@]1(Cl)=NP(Cl)(Cl)=N[P@](Cl)(OC=C)=N1. The van der Waals surface area contributed by atoms with Gasteiger partial charge >= 0.3 is 13.6 Å². The van der Waals surface area contributed by atoms with Gasteiger partial charge in [0.2, 0.25) is 0 Å². The maximum Gasteiger partial charge on any atom is 0.351 e. The average molecular weight is 363 g/mol. The second kappa shape index (κ2) is 5.28. The molecule has 0 fully saturated rings. The van der Waals surface area contributed by atoms with E-state index in [0.717, 1.165) is 12.5 Å². The molecule has 0 saturated heterocycles. The second-order valence-corrected chi connectivity index (χ2v) is 13.6. The predicted molar refractivity (Wildman–Crippen MR) is 74.0 cm³/mol. The molecule has 0 radical (unpaired) electrons. The molecule has 0 amide bonds. The van der Waals surface area contributed by atoms with Crippen molar-refractivity contribution in [2.75, 3.05) is 0 Å². The molecule has 0 spiro atoms. The molecule has 92 valence electrons. The van der Waals surface area contributed by atoms with Gasteiger partial charge in [-0.15, -0.1) is 4.52 Å². The second-order valence-electron chi connectivity index (χ2n) is 2.21. The van der Waals surface area contributed by atoms with Crippen molar-refractivity contribution in [3.8, 4) is 0 Å². The van der Waals surface area contributed by atoms with E-state index in [1.165, 1.54) is 0 Å². The maximum absolute atomic E-state index is 5.99. The van der Waals surface area contributed by atoms with Crippen LogP contribution in [0.25, 0.3) is 0 Å². The number of nitrogens with zero attached hydrogens (tertiary/aromatic N) is 3. The van der Waals surface area contributed by atoms with Crippen LogP contribution in [0.1, 0.15) is 0 Å². The summed E-state index contributed by atoms with van der Waals surface area (Å²) < 4.78 is 21.5. The van der Waals surface area contributed by atoms with Gasteiger partial charge in [-0.1, -0.05) is 13.2 Å². The molecule has 1 heterocycles. The molecule has 0 bridgehead atoms. The molecule has 0 aromatic rings. The lowest BCUT2D eigenvalue weighted by atomic mass is 11.2. The van der Waals surface area contributed by atoms with Gasteiger partial charge in [-0.05, 0) is 45.0 Å². The minimum Gasteiger partial charge on any atom is -0.439 e. The molecule has 16 heavy (non-hydrogen) atoms. The van der Waals surface area contributed by atoms with Gasteiger partial charge in [-0.25, -0.2) is 0 Å². The van der Waals surface area contributed by atoms with E-state index < -0.39 is 19.5 Å². The fourth-order valence-corrected chi connectivity index (χ4v) is 15.0. The van der Waals surface area contributed by atoms with Crippen LogP contribution >= 0.6 is 64.4 Å². The normalized spacial score (nSPS) is 36.0. The van der Waals surface area contributed by atoms with Crippen molar-refractivity contribution in [2.45, 2.75) is 0 Å². The Morgan fingerprint density at radius 3 is 1.69 bits per heavy atom. The first-order valence-electron chi connectivity index (χ1n) is 3.53. The van der Waals surface area contributed by atoms with Crippen molar-refractivity contribution >= 4 is 64.4 Å². The molecule has 0 N–H and O–H groups in total. The lowest BCUT2D eigenvalue weighted by Crippen LogP contribution is -1.79. The van der Waals surface area contributed by atoms with E-state index in [9.17, 15) is 0 Å². The van der Waals surface area contributed by atoms with E-state index in [2.05, 4.69) is 26.7 Å². The zero-order valence-electron chi connectivity index (χ0n) is 7.58. The van der Waals surface area contributed by atoms with Gasteiger partial charge < -0.3 is 9.05 Å². The molecule has 0 saturated carbocycles. The summed E-state index contributed by atoms with van der Waals surface area (Å²) in [7, 11) is 0. The summed E-state index contributed by atoms with van der Waals surface area (Å²) in [6.45, 7) is 0.502. The van der Waals surface area contributed by atoms with Gasteiger partial charge in [0, 0.05) is 0 Å². The largest absolute Gasteiger partial charge is 0.439 e. The first-order chi connectivity index (χ1) is 7.24. The molecule has 0 aromatic carbocycles. The molecule has 1 rings (SSSR count). The quantitative estimate of drug-likeness (QED) is 0.395. The van der Waals surface area contributed by atoms with Gasteiger partial charge in [0.1, 0.15) is 0 Å². The van der Waals surface area contributed by atoms with Crippen LogP contribution in [-0.2, 0) is 9.05 Å². The summed E-state index contributed by atoms with van der Waals surface area (Å²) in [6, 6.07) is 0. The highest BCUT2D eigenvalue weighted by molar-refractivity contribution is 8.16. The molecule has 1 aliphatic rings. The smallest absolute Gasteiger partial charge is 0.351 e. The number of rotatable bonds is 4. The van der Waals surface area contributed by atoms with E-state index in [4.69, 9.17) is 54.0 Å². The highest BCUT2D eigenvalue weighted by atomic mass is 35.9. The Bertz CT molecular complexity index is 467. The van der Waals surface area contributed by atoms with Crippen molar-refractivity contribution in [1.82, 2.24) is 0 Å². The van der Waals surface area contributed by atoms with Crippen LogP contribution in [-0.4, -0.2) is 0 Å². The molecular weight excluding hydrogens is 357 g/mol. The molecule has 0 aliphatic carbocycles. The van der Waals surface area contributed by atoms with Gasteiger partial charge in [0.15, 0.2) is 0 Å². The highest BCUT2D eigenvalue weighted by Crippen LogP contribution is 2.85. The topological polar surface area (TPSA) is 55.5 Å². The minimum absolute atomic E-state index is 1.09. The van der Waals surface area contributed by atoms with Crippen LogP contribution in [0.5, 0.6) is 0 Å². The third-order valence-electron chi connectivity index (χ3n) is 1.07. The van der Waals surface area contributed by atoms with Gasteiger partial charge in [-0.2, -0.15) is 9.03 Å². The standard InChI is InChI=1S/C4H6Cl4N3O2P3/c1-3-12-15(7)9-14(5,6)10-16(8,11-15)13-4-2/h3-4H,1-2H2/t15-,16-/m0/s1. The zero-order chi connectivity index (χ0) is 12.4. The summed E-state index contributed by atoms with van der Waals surface area (Å²) in [5.74, 6) is -3.05. The molecular formula is C4H6Cl4N3O2P3. The minimum atomic E-state index is -3.10. The molecule has 5 nitrogen and oxygen atoms in total. The van der Waals surface area contributed by atoms with E-state index in [-0.39, 0.29) is 0 Å². The van der Waals surface area contributed by atoms with Gasteiger partial charge in [0.05, 0.1) is 12.5 Å². The third kappa shape index (κ3) is 3.99. The Morgan fingerprint density at radius 1 is 0.812 bits per heavy atom. The molecule has 1 aliphatic heterocycles. The summed E-state index contributed by atoms with van der Waals surface area (Å²) >= 11 is 23.7. The van der Waals surface area contributed by atoms with Crippen LogP contribution in [0.2, 0.25) is 0 Å². The predicted octanol–water partition coefficient (Wildman–Crippen LogP) is 7.11. The first-order valence-corrected chi connectivity index (χ1v) is 12.1. The maximum atomic E-state index is 5.99. The molecule has 2 atom stereocenters. The number of hydrogen-bond acceptors (Lipinski definition) is 5. The fraction of sp³-hybridized carbons (Fsp3) is 0.